The lowest BCUT2D eigenvalue weighted by atomic mass is 10.3. The molecule has 0 radical (unpaired) electrons. The number of nitrogen functional groups attached to an aromatic ring is 1. The number of nitrogens with two attached hydrogens (primary N) is 1. The third-order valence-electron chi connectivity index (χ3n) is 2.02. The van der Waals surface area contributed by atoms with Crippen LogP contribution in [-0.2, 0) is 16.6 Å². The molecule has 4 heteroatoms. The number of hydrogen-bond donors (Lipinski definition) is 1. The molecule has 15 heavy (non-hydrogen) atoms. The first-order valence-electron chi connectivity index (χ1n) is 4.51. The summed E-state index contributed by atoms with van der Waals surface area (Å²) in [6.07, 6.45) is 0. The Morgan fingerprint density at radius 2 is 1.93 bits per heavy atom. The largest absolute Gasteiger partial charge is 0.399 e. The minimum atomic E-state index is -0.970. The van der Waals surface area contributed by atoms with E-state index in [1.165, 1.54) is 0 Å². The Bertz CT molecular complexity index is 448. The summed E-state index contributed by atoms with van der Waals surface area (Å²) in [4.78, 5) is 0.829. The highest BCUT2D eigenvalue weighted by Crippen LogP contribution is 2.15. The maximum Gasteiger partial charge on any atom is 0.0574 e. The normalized spacial score (nSPS) is 12.5. The summed E-state index contributed by atoms with van der Waals surface area (Å²) >= 11 is 1.62. The molecule has 2 nitrogen and oxygen atoms in total. The Labute approximate surface area is 95.2 Å². The van der Waals surface area contributed by atoms with Gasteiger partial charge in [-0.2, -0.15) is 11.3 Å². The van der Waals surface area contributed by atoms with Crippen LogP contribution in [-0.4, -0.2) is 4.21 Å². The molecule has 0 aliphatic heterocycles. The van der Waals surface area contributed by atoms with Crippen molar-refractivity contribution < 1.29 is 4.21 Å². The number of thiophene rings is 1. The van der Waals surface area contributed by atoms with Gasteiger partial charge >= 0.3 is 0 Å². The third kappa shape index (κ3) is 2.67. The molecule has 1 heterocycles. The Hall–Kier alpha value is -1.13. The van der Waals surface area contributed by atoms with Crippen LogP contribution in [0.2, 0.25) is 0 Å². The van der Waals surface area contributed by atoms with Gasteiger partial charge in [0.05, 0.1) is 16.6 Å². The molecular formula is C11H11NOS2. The van der Waals surface area contributed by atoms with E-state index in [-0.39, 0.29) is 0 Å². The molecule has 0 saturated carbocycles. The average molecular weight is 237 g/mol. The van der Waals surface area contributed by atoms with Crippen molar-refractivity contribution in [2.45, 2.75) is 10.6 Å². The lowest BCUT2D eigenvalue weighted by Crippen LogP contribution is -1.95. The molecule has 1 unspecified atom stereocenters. The van der Waals surface area contributed by atoms with E-state index in [1.807, 2.05) is 29.0 Å². The second-order valence-electron chi connectivity index (χ2n) is 3.19. The van der Waals surface area contributed by atoms with Crippen LogP contribution < -0.4 is 5.73 Å². The van der Waals surface area contributed by atoms with Crippen LogP contribution >= 0.6 is 11.3 Å². The highest BCUT2D eigenvalue weighted by Gasteiger charge is 2.04. The van der Waals surface area contributed by atoms with E-state index in [0.29, 0.717) is 11.4 Å². The Morgan fingerprint density at radius 3 is 2.53 bits per heavy atom. The maximum absolute atomic E-state index is 11.9. The van der Waals surface area contributed by atoms with Crippen molar-refractivity contribution in [1.82, 2.24) is 0 Å². The zero-order chi connectivity index (χ0) is 10.7. The monoisotopic (exact) mass is 237 g/mol. The van der Waals surface area contributed by atoms with Crippen molar-refractivity contribution in [1.29, 1.82) is 0 Å². The molecule has 0 bridgehead atoms. The Balaban J connectivity index is 2.11. The Kier molecular flexibility index (Phi) is 3.18. The van der Waals surface area contributed by atoms with E-state index >= 15 is 0 Å². The van der Waals surface area contributed by atoms with Gasteiger partial charge in [0.15, 0.2) is 0 Å². The number of hydrogen-bond acceptors (Lipinski definition) is 3. The lowest BCUT2D eigenvalue weighted by molar-refractivity contribution is 0.682. The van der Waals surface area contributed by atoms with E-state index < -0.39 is 10.8 Å². The summed E-state index contributed by atoms with van der Waals surface area (Å²) < 4.78 is 11.9. The van der Waals surface area contributed by atoms with Crippen LogP contribution in [0.4, 0.5) is 5.69 Å². The third-order valence-corrected chi connectivity index (χ3v) is 4.15. The second-order valence-corrected chi connectivity index (χ2v) is 5.42. The summed E-state index contributed by atoms with van der Waals surface area (Å²) in [7, 11) is -0.970. The fourth-order valence-electron chi connectivity index (χ4n) is 1.23. The summed E-state index contributed by atoms with van der Waals surface area (Å²) in [5, 5.41) is 4.02. The molecule has 0 spiro atoms. The molecule has 0 aliphatic rings. The SMILES string of the molecule is Nc1ccc(S(=O)Cc2ccsc2)cc1. The van der Waals surface area contributed by atoms with Crippen LogP contribution in [0.1, 0.15) is 5.56 Å². The zero-order valence-electron chi connectivity index (χ0n) is 8.05. The zero-order valence-corrected chi connectivity index (χ0v) is 9.68. The van der Waals surface area contributed by atoms with Gasteiger partial charge in [-0.15, -0.1) is 0 Å². The molecule has 1 aromatic carbocycles. The van der Waals surface area contributed by atoms with Crippen molar-refractivity contribution in [3.05, 3.63) is 46.7 Å². The number of benzene rings is 1. The van der Waals surface area contributed by atoms with Gasteiger partial charge in [0, 0.05) is 10.6 Å². The molecule has 0 aliphatic carbocycles. The molecule has 78 valence electrons. The van der Waals surface area contributed by atoms with Crippen LogP contribution in [0.5, 0.6) is 0 Å². The van der Waals surface area contributed by atoms with Crippen LogP contribution in [0.15, 0.2) is 46.0 Å². The van der Waals surface area contributed by atoms with E-state index in [2.05, 4.69) is 0 Å². The first-order chi connectivity index (χ1) is 7.25. The van der Waals surface area contributed by atoms with Gasteiger partial charge in [0.2, 0.25) is 0 Å². The highest BCUT2D eigenvalue weighted by atomic mass is 32.2. The molecule has 0 fully saturated rings. The number of anilines is 1. The molecule has 1 aromatic heterocycles. The van der Waals surface area contributed by atoms with Crippen LogP contribution in [0.3, 0.4) is 0 Å². The minimum absolute atomic E-state index is 0.577. The minimum Gasteiger partial charge on any atom is -0.399 e. The standard InChI is InChI=1S/C11H11NOS2/c12-10-1-3-11(4-2-10)15(13)8-9-5-6-14-7-9/h1-7H,8,12H2. The van der Waals surface area contributed by atoms with E-state index in [9.17, 15) is 4.21 Å². The van der Waals surface area contributed by atoms with Gasteiger partial charge < -0.3 is 5.73 Å². The smallest absolute Gasteiger partial charge is 0.0574 e. The van der Waals surface area contributed by atoms with Crippen molar-refractivity contribution in [2.75, 3.05) is 5.73 Å². The first-order valence-corrected chi connectivity index (χ1v) is 6.77. The summed E-state index contributed by atoms with van der Waals surface area (Å²) in [6.45, 7) is 0. The van der Waals surface area contributed by atoms with Crippen molar-refractivity contribution in [2.24, 2.45) is 0 Å². The molecule has 2 aromatic rings. The first kappa shape index (κ1) is 10.4. The summed E-state index contributed by atoms with van der Waals surface area (Å²) in [6, 6.07) is 9.19. The molecular weight excluding hydrogens is 226 g/mol. The lowest BCUT2D eigenvalue weighted by Gasteiger charge is -2.01. The van der Waals surface area contributed by atoms with E-state index in [1.54, 1.807) is 23.5 Å². The summed E-state index contributed by atoms with van der Waals surface area (Å²) in [5.74, 6) is 0.577. The van der Waals surface area contributed by atoms with E-state index in [0.717, 1.165) is 10.5 Å². The van der Waals surface area contributed by atoms with Gasteiger partial charge in [0.1, 0.15) is 0 Å². The molecule has 2 N–H and O–H groups in total. The second kappa shape index (κ2) is 4.59. The molecule has 2 rings (SSSR count). The predicted octanol–water partition coefficient (Wildman–Crippen LogP) is 2.64. The van der Waals surface area contributed by atoms with Gasteiger partial charge in [0.25, 0.3) is 0 Å². The van der Waals surface area contributed by atoms with Gasteiger partial charge in [-0.05, 0) is 46.7 Å². The van der Waals surface area contributed by atoms with Crippen molar-refractivity contribution in [3.8, 4) is 0 Å². The molecule has 1 atom stereocenters. The van der Waals surface area contributed by atoms with Crippen LogP contribution in [0, 0.1) is 0 Å². The summed E-state index contributed by atoms with van der Waals surface area (Å²) in [5.41, 5.74) is 7.39. The quantitative estimate of drug-likeness (QED) is 0.834. The molecule has 0 saturated heterocycles. The maximum atomic E-state index is 11.9. The topological polar surface area (TPSA) is 43.1 Å². The highest BCUT2D eigenvalue weighted by molar-refractivity contribution is 7.84. The van der Waals surface area contributed by atoms with Gasteiger partial charge in [-0.1, -0.05) is 0 Å². The average Bonchev–Trinajstić information content (AvgIpc) is 2.71. The Morgan fingerprint density at radius 1 is 1.20 bits per heavy atom. The van der Waals surface area contributed by atoms with Crippen molar-refractivity contribution in [3.63, 3.8) is 0 Å². The number of rotatable bonds is 3. The van der Waals surface area contributed by atoms with Gasteiger partial charge in [-0.25, -0.2) is 0 Å². The van der Waals surface area contributed by atoms with Gasteiger partial charge in [-0.3, -0.25) is 4.21 Å². The fraction of sp³-hybridized carbons (Fsp3) is 0.0909. The van der Waals surface area contributed by atoms with Crippen LogP contribution in [0.25, 0.3) is 0 Å². The fourth-order valence-corrected chi connectivity index (χ4v) is 3.09. The van der Waals surface area contributed by atoms with E-state index in [4.69, 9.17) is 5.73 Å². The predicted molar refractivity (Wildman–Crippen MR) is 65.3 cm³/mol. The molecule has 0 amide bonds. The van der Waals surface area contributed by atoms with Crippen molar-refractivity contribution >= 4 is 27.8 Å².